The van der Waals surface area contributed by atoms with Crippen LogP contribution in [0.2, 0.25) is 0 Å². The lowest BCUT2D eigenvalue weighted by molar-refractivity contribution is -0.116. The maximum absolute atomic E-state index is 12.1. The lowest BCUT2D eigenvalue weighted by Gasteiger charge is -2.23. The summed E-state index contributed by atoms with van der Waals surface area (Å²) in [6.07, 6.45) is 2.25. The Labute approximate surface area is 157 Å². The zero-order valence-electron chi connectivity index (χ0n) is 16.7. The third-order valence-electron chi connectivity index (χ3n) is 5.00. The van der Waals surface area contributed by atoms with E-state index in [1.54, 1.807) is 0 Å². The number of rotatable bonds is 8. The number of hydrogen-bond acceptors (Lipinski definition) is 2. The molecule has 0 aliphatic carbocycles. The van der Waals surface area contributed by atoms with Gasteiger partial charge < -0.3 is 10.1 Å². The molecule has 26 heavy (non-hydrogen) atoms. The Bertz CT molecular complexity index is 732. The van der Waals surface area contributed by atoms with Gasteiger partial charge in [0.2, 0.25) is 5.91 Å². The normalized spacial score (nSPS) is 11.3. The number of anilines is 1. The van der Waals surface area contributed by atoms with Gasteiger partial charge in [0.05, 0.1) is 6.61 Å². The monoisotopic (exact) mass is 353 g/mol. The molecule has 0 heterocycles. The molecule has 1 N–H and O–H groups in total. The van der Waals surface area contributed by atoms with Crippen molar-refractivity contribution in [1.82, 2.24) is 0 Å². The number of aryl methyl sites for hydroxylation is 2. The minimum absolute atomic E-state index is 0.0299. The van der Waals surface area contributed by atoms with Gasteiger partial charge >= 0.3 is 0 Å². The Kier molecular flexibility index (Phi) is 6.84. The van der Waals surface area contributed by atoms with Crippen LogP contribution in [0, 0.1) is 13.8 Å². The van der Waals surface area contributed by atoms with Gasteiger partial charge in [0.15, 0.2) is 0 Å². The quantitative estimate of drug-likeness (QED) is 0.610. The van der Waals surface area contributed by atoms with Crippen LogP contribution in [-0.4, -0.2) is 12.5 Å². The van der Waals surface area contributed by atoms with Gasteiger partial charge in [-0.2, -0.15) is 0 Å². The Balaban J connectivity index is 1.76. The summed E-state index contributed by atoms with van der Waals surface area (Å²) in [4.78, 5) is 12.1. The number of nitrogens with one attached hydrogen (secondary N) is 1. The lowest BCUT2D eigenvalue weighted by Crippen LogP contribution is -2.15. The van der Waals surface area contributed by atoms with Gasteiger partial charge in [0.1, 0.15) is 5.75 Å². The fourth-order valence-corrected chi connectivity index (χ4v) is 2.71. The van der Waals surface area contributed by atoms with Gasteiger partial charge in [-0.05, 0) is 67.0 Å². The van der Waals surface area contributed by atoms with Crippen molar-refractivity contribution in [2.24, 2.45) is 0 Å². The van der Waals surface area contributed by atoms with E-state index in [0.717, 1.165) is 29.0 Å². The summed E-state index contributed by atoms with van der Waals surface area (Å²) in [7, 11) is 0. The first-order valence-electron chi connectivity index (χ1n) is 9.42. The van der Waals surface area contributed by atoms with Gasteiger partial charge in [-0.3, -0.25) is 4.79 Å². The number of benzene rings is 2. The molecule has 0 saturated heterocycles. The topological polar surface area (TPSA) is 38.3 Å². The molecule has 0 bridgehead atoms. The molecular formula is C23H31NO2. The van der Waals surface area contributed by atoms with E-state index in [-0.39, 0.29) is 11.3 Å². The first kappa shape index (κ1) is 20.0. The lowest BCUT2D eigenvalue weighted by atomic mass is 9.82. The molecule has 3 heteroatoms. The second kappa shape index (κ2) is 8.88. The summed E-state index contributed by atoms with van der Waals surface area (Å²) in [5, 5.41) is 2.99. The average molecular weight is 354 g/mol. The minimum Gasteiger partial charge on any atom is -0.494 e. The van der Waals surface area contributed by atoms with E-state index in [4.69, 9.17) is 4.74 Å². The predicted octanol–water partition coefficient (Wildman–Crippen LogP) is 5.79. The van der Waals surface area contributed by atoms with E-state index < -0.39 is 0 Å². The molecule has 0 atom stereocenters. The third kappa shape index (κ3) is 5.62. The van der Waals surface area contributed by atoms with Gasteiger partial charge in [0, 0.05) is 12.1 Å². The van der Waals surface area contributed by atoms with Crippen molar-refractivity contribution in [2.45, 2.75) is 59.3 Å². The second-order valence-electron chi connectivity index (χ2n) is 7.58. The summed E-state index contributed by atoms with van der Waals surface area (Å²) < 4.78 is 5.77. The fraction of sp³-hybridized carbons (Fsp3) is 0.435. The number of carbonyl (C=O) groups is 1. The van der Waals surface area contributed by atoms with E-state index >= 15 is 0 Å². The van der Waals surface area contributed by atoms with Crippen molar-refractivity contribution < 1.29 is 9.53 Å². The van der Waals surface area contributed by atoms with Gasteiger partial charge in [-0.1, -0.05) is 45.0 Å². The summed E-state index contributed by atoms with van der Waals surface area (Å²) in [5.41, 5.74) is 4.62. The molecule has 0 spiro atoms. The van der Waals surface area contributed by atoms with Crippen LogP contribution in [0.4, 0.5) is 5.69 Å². The summed E-state index contributed by atoms with van der Waals surface area (Å²) in [6, 6.07) is 14.4. The number of amides is 1. The smallest absolute Gasteiger partial charge is 0.224 e. The van der Waals surface area contributed by atoms with Gasteiger partial charge in [-0.25, -0.2) is 0 Å². The van der Waals surface area contributed by atoms with E-state index in [0.29, 0.717) is 19.4 Å². The van der Waals surface area contributed by atoms with Crippen LogP contribution in [0.3, 0.4) is 0 Å². The molecular weight excluding hydrogens is 322 g/mol. The van der Waals surface area contributed by atoms with E-state index in [2.05, 4.69) is 38.2 Å². The molecule has 1 amide bonds. The molecule has 0 fully saturated rings. The summed E-state index contributed by atoms with van der Waals surface area (Å²) in [6.45, 7) is 11.3. The highest BCUT2D eigenvalue weighted by atomic mass is 16.5. The second-order valence-corrected chi connectivity index (χ2v) is 7.58. The molecule has 0 aliphatic heterocycles. The van der Waals surface area contributed by atoms with Crippen LogP contribution < -0.4 is 10.1 Å². The van der Waals surface area contributed by atoms with Crippen LogP contribution in [0.1, 0.15) is 56.7 Å². The molecule has 2 aromatic carbocycles. The molecule has 2 aromatic rings. The third-order valence-corrected chi connectivity index (χ3v) is 5.00. The van der Waals surface area contributed by atoms with Crippen LogP contribution in [0.25, 0.3) is 0 Å². The largest absolute Gasteiger partial charge is 0.494 e. The number of hydrogen-bond donors (Lipinski definition) is 1. The Morgan fingerprint density at radius 1 is 1.08 bits per heavy atom. The Hall–Kier alpha value is -2.29. The number of carbonyl (C=O) groups excluding carboxylic acids is 1. The zero-order valence-corrected chi connectivity index (χ0v) is 16.7. The molecule has 0 radical (unpaired) electrons. The first-order chi connectivity index (χ1) is 12.3. The van der Waals surface area contributed by atoms with Gasteiger partial charge in [0.25, 0.3) is 0 Å². The Morgan fingerprint density at radius 3 is 2.42 bits per heavy atom. The van der Waals surface area contributed by atoms with Crippen molar-refractivity contribution in [3.63, 3.8) is 0 Å². The van der Waals surface area contributed by atoms with Crippen molar-refractivity contribution in [3.05, 3.63) is 59.2 Å². The summed E-state index contributed by atoms with van der Waals surface area (Å²) in [5.74, 6) is 0.887. The first-order valence-corrected chi connectivity index (χ1v) is 9.42. The number of ether oxygens (including phenoxy) is 1. The summed E-state index contributed by atoms with van der Waals surface area (Å²) >= 11 is 0. The van der Waals surface area contributed by atoms with E-state index in [9.17, 15) is 4.79 Å². The SMILES string of the molecule is CCC(C)(C)c1ccc(OCCCC(=O)Nc2cc(C)ccc2C)cc1. The van der Waals surface area contributed by atoms with Crippen molar-refractivity contribution in [3.8, 4) is 5.75 Å². The van der Waals surface area contributed by atoms with Gasteiger partial charge in [-0.15, -0.1) is 0 Å². The van der Waals surface area contributed by atoms with Crippen LogP contribution in [0.15, 0.2) is 42.5 Å². The van der Waals surface area contributed by atoms with Crippen LogP contribution in [0.5, 0.6) is 5.75 Å². The molecule has 3 nitrogen and oxygen atoms in total. The zero-order chi connectivity index (χ0) is 19.2. The maximum atomic E-state index is 12.1. The average Bonchev–Trinajstić information content (AvgIpc) is 2.62. The molecule has 140 valence electrons. The highest BCUT2D eigenvalue weighted by Crippen LogP contribution is 2.28. The standard InChI is InChI=1S/C23H31NO2/c1-6-23(4,5)19-11-13-20(14-12-19)26-15-7-8-22(25)24-21-16-17(2)9-10-18(21)3/h9-14,16H,6-8,15H2,1-5H3,(H,24,25). The maximum Gasteiger partial charge on any atom is 0.224 e. The predicted molar refractivity (Wildman–Crippen MR) is 109 cm³/mol. The molecule has 0 aromatic heterocycles. The minimum atomic E-state index is 0.0299. The van der Waals surface area contributed by atoms with Crippen molar-refractivity contribution in [2.75, 3.05) is 11.9 Å². The van der Waals surface area contributed by atoms with Crippen molar-refractivity contribution >= 4 is 11.6 Å². The molecule has 0 unspecified atom stereocenters. The molecule has 2 rings (SSSR count). The van der Waals surface area contributed by atoms with E-state index in [1.165, 1.54) is 5.56 Å². The molecule has 0 saturated carbocycles. The van der Waals surface area contributed by atoms with Crippen LogP contribution >= 0.6 is 0 Å². The fourth-order valence-electron chi connectivity index (χ4n) is 2.71. The van der Waals surface area contributed by atoms with Crippen molar-refractivity contribution in [1.29, 1.82) is 0 Å². The highest BCUT2D eigenvalue weighted by Gasteiger charge is 2.17. The molecule has 0 aliphatic rings. The highest BCUT2D eigenvalue weighted by molar-refractivity contribution is 5.91. The van der Waals surface area contributed by atoms with Crippen LogP contribution in [-0.2, 0) is 10.2 Å². The Morgan fingerprint density at radius 2 is 1.77 bits per heavy atom. The van der Waals surface area contributed by atoms with E-state index in [1.807, 2.05) is 44.2 Å².